The number of likely N-dealkylation sites (N-methyl/N-ethyl adjacent to an activating group) is 1. The molecule has 1 amide bonds. The highest BCUT2D eigenvalue weighted by Crippen LogP contribution is 2.45. The van der Waals surface area contributed by atoms with E-state index >= 15 is 0 Å². The monoisotopic (exact) mass is 260 g/mol. The summed E-state index contributed by atoms with van der Waals surface area (Å²) in [6.07, 6.45) is -0.548. The van der Waals surface area contributed by atoms with Gasteiger partial charge in [-0.05, 0) is 6.92 Å². The minimum atomic E-state index is -0.548. The lowest BCUT2D eigenvalue weighted by molar-refractivity contribution is -0.125. The SMILES string of the molecule is CC1Oc2cc(Cl)c(N)c(Cl)c2N(C)C1=O. The maximum absolute atomic E-state index is 11.7. The number of hydrogen-bond acceptors (Lipinski definition) is 3. The number of nitrogens with two attached hydrogens (primary N) is 1. The Bertz CT molecular complexity index is 476. The third kappa shape index (κ3) is 1.49. The van der Waals surface area contributed by atoms with Crippen molar-refractivity contribution in [3.8, 4) is 5.75 Å². The van der Waals surface area contributed by atoms with Gasteiger partial charge < -0.3 is 15.4 Å². The van der Waals surface area contributed by atoms with E-state index in [4.69, 9.17) is 33.7 Å². The molecule has 2 N–H and O–H groups in total. The zero-order valence-electron chi connectivity index (χ0n) is 8.75. The Labute approximate surface area is 103 Å². The zero-order chi connectivity index (χ0) is 12.0. The van der Waals surface area contributed by atoms with Gasteiger partial charge in [0.2, 0.25) is 0 Å². The number of benzene rings is 1. The number of carbonyl (C=O) groups is 1. The molecule has 0 spiro atoms. The summed E-state index contributed by atoms with van der Waals surface area (Å²) in [6.45, 7) is 1.67. The van der Waals surface area contributed by atoms with Crippen LogP contribution in [0.2, 0.25) is 10.0 Å². The number of amides is 1. The summed E-state index contributed by atoms with van der Waals surface area (Å²) in [5.41, 5.74) is 6.41. The largest absolute Gasteiger partial charge is 0.479 e. The smallest absolute Gasteiger partial charge is 0.267 e. The van der Waals surface area contributed by atoms with Crippen LogP contribution in [0.3, 0.4) is 0 Å². The Morgan fingerprint density at radius 2 is 2.12 bits per heavy atom. The predicted octanol–water partition coefficient (Wildman–Crippen LogP) is 2.32. The Kier molecular flexibility index (Phi) is 2.64. The van der Waals surface area contributed by atoms with E-state index in [0.717, 1.165) is 0 Å². The van der Waals surface area contributed by atoms with Gasteiger partial charge in [0.15, 0.2) is 6.10 Å². The van der Waals surface area contributed by atoms with Gasteiger partial charge in [0.05, 0.1) is 15.7 Å². The van der Waals surface area contributed by atoms with E-state index in [0.29, 0.717) is 16.5 Å². The molecule has 1 aromatic carbocycles. The molecule has 0 fully saturated rings. The summed E-state index contributed by atoms with van der Waals surface area (Å²) in [5.74, 6) is 0.301. The lowest BCUT2D eigenvalue weighted by atomic mass is 10.2. The Balaban J connectivity index is 2.67. The summed E-state index contributed by atoms with van der Waals surface area (Å²) in [7, 11) is 1.62. The predicted molar refractivity (Wildman–Crippen MR) is 64.4 cm³/mol. The highest BCUT2D eigenvalue weighted by Gasteiger charge is 2.32. The first kappa shape index (κ1) is 11.4. The lowest BCUT2D eigenvalue weighted by Gasteiger charge is -2.31. The van der Waals surface area contributed by atoms with Gasteiger partial charge in [0.1, 0.15) is 11.4 Å². The second-order valence-electron chi connectivity index (χ2n) is 3.59. The molecular weight excluding hydrogens is 251 g/mol. The van der Waals surface area contributed by atoms with Crippen LogP contribution < -0.4 is 15.4 Å². The molecule has 16 heavy (non-hydrogen) atoms. The van der Waals surface area contributed by atoms with E-state index in [9.17, 15) is 4.79 Å². The van der Waals surface area contributed by atoms with Crippen LogP contribution in [0.25, 0.3) is 0 Å². The summed E-state index contributed by atoms with van der Waals surface area (Å²) >= 11 is 11.9. The van der Waals surface area contributed by atoms with E-state index in [1.807, 2.05) is 0 Å². The van der Waals surface area contributed by atoms with Gasteiger partial charge in [-0.15, -0.1) is 0 Å². The van der Waals surface area contributed by atoms with E-state index in [-0.39, 0.29) is 16.6 Å². The first-order chi connectivity index (χ1) is 7.43. The van der Waals surface area contributed by atoms with E-state index in [1.54, 1.807) is 20.0 Å². The number of rotatable bonds is 0. The quantitative estimate of drug-likeness (QED) is 0.729. The molecule has 0 radical (unpaired) electrons. The van der Waals surface area contributed by atoms with Crippen molar-refractivity contribution in [2.75, 3.05) is 17.7 Å². The molecule has 4 nitrogen and oxygen atoms in total. The van der Waals surface area contributed by atoms with Gasteiger partial charge in [0.25, 0.3) is 5.91 Å². The van der Waals surface area contributed by atoms with Crippen molar-refractivity contribution in [1.82, 2.24) is 0 Å². The number of halogens is 2. The van der Waals surface area contributed by atoms with Crippen molar-refractivity contribution in [2.45, 2.75) is 13.0 Å². The fraction of sp³-hybridized carbons (Fsp3) is 0.300. The molecule has 0 bridgehead atoms. The van der Waals surface area contributed by atoms with Crippen LogP contribution >= 0.6 is 23.2 Å². The van der Waals surface area contributed by atoms with E-state index in [2.05, 4.69) is 0 Å². The Hall–Kier alpha value is -1.13. The second kappa shape index (κ2) is 3.71. The molecule has 1 aliphatic heterocycles. The van der Waals surface area contributed by atoms with Crippen LogP contribution in [0.1, 0.15) is 6.92 Å². The Morgan fingerprint density at radius 1 is 1.50 bits per heavy atom. The minimum Gasteiger partial charge on any atom is -0.479 e. The average Bonchev–Trinajstić information content (AvgIpc) is 2.23. The summed E-state index contributed by atoms with van der Waals surface area (Å²) in [6, 6.07) is 1.57. The molecule has 0 aliphatic carbocycles. The molecule has 2 rings (SSSR count). The molecule has 0 saturated carbocycles. The second-order valence-corrected chi connectivity index (χ2v) is 4.38. The van der Waals surface area contributed by atoms with Gasteiger partial charge in [-0.1, -0.05) is 23.2 Å². The third-order valence-corrected chi connectivity index (χ3v) is 3.21. The van der Waals surface area contributed by atoms with Crippen LogP contribution in [-0.4, -0.2) is 19.1 Å². The van der Waals surface area contributed by atoms with Crippen molar-refractivity contribution in [1.29, 1.82) is 0 Å². The van der Waals surface area contributed by atoms with Crippen molar-refractivity contribution in [3.63, 3.8) is 0 Å². The molecule has 1 aliphatic rings. The van der Waals surface area contributed by atoms with Crippen molar-refractivity contribution in [3.05, 3.63) is 16.1 Å². The van der Waals surface area contributed by atoms with Crippen LogP contribution in [0, 0.1) is 0 Å². The maximum atomic E-state index is 11.7. The highest BCUT2D eigenvalue weighted by molar-refractivity contribution is 6.41. The summed E-state index contributed by atoms with van der Waals surface area (Å²) < 4.78 is 5.42. The van der Waals surface area contributed by atoms with Crippen molar-refractivity contribution >= 4 is 40.5 Å². The summed E-state index contributed by atoms with van der Waals surface area (Å²) in [5, 5.41) is 0.559. The number of hydrogen-bond donors (Lipinski definition) is 1. The molecule has 1 atom stereocenters. The first-order valence-corrected chi connectivity index (χ1v) is 5.40. The topological polar surface area (TPSA) is 55.6 Å². The van der Waals surface area contributed by atoms with Gasteiger partial charge in [0, 0.05) is 13.1 Å². The van der Waals surface area contributed by atoms with Crippen LogP contribution in [0.4, 0.5) is 11.4 Å². The van der Waals surface area contributed by atoms with Gasteiger partial charge >= 0.3 is 0 Å². The number of nitrogens with zero attached hydrogens (tertiary/aromatic N) is 1. The van der Waals surface area contributed by atoms with Crippen LogP contribution in [0.15, 0.2) is 6.07 Å². The fourth-order valence-electron chi connectivity index (χ4n) is 1.63. The van der Waals surface area contributed by atoms with Gasteiger partial charge in [-0.2, -0.15) is 0 Å². The minimum absolute atomic E-state index is 0.170. The number of carbonyl (C=O) groups excluding carboxylic acids is 1. The highest BCUT2D eigenvalue weighted by atomic mass is 35.5. The van der Waals surface area contributed by atoms with E-state index < -0.39 is 6.10 Å². The van der Waals surface area contributed by atoms with Crippen LogP contribution in [0.5, 0.6) is 5.75 Å². The molecule has 6 heteroatoms. The number of anilines is 2. The first-order valence-electron chi connectivity index (χ1n) is 4.65. The molecular formula is C10H10Cl2N2O2. The van der Waals surface area contributed by atoms with Gasteiger partial charge in [-0.25, -0.2) is 0 Å². The normalized spacial score (nSPS) is 19.4. The van der Waals surface area contributed by atoms with E-state index in [1.165, 1.54) is 4.90 Å². The standard InChI is InChI=1S/C10H10Cl2N2O2/c1-4-10(15)14(2)9-6(16-4)3-5(11)8(13)7(9)12/h3-4H,13H2,1-2H3. The van der Waals surface area contributed by atoms with Crippen molar-refractivity contribution in [2.24, 2.45) is 0 Å². The molecule has 1 unspecified atom stereocenters. The fourth-order valence-corrected chi connectivity index (χ4v) is 2.19. The van der Waals surface area contributed by atoms with Gasteiger partial charge in [-0.3, -0.25) is 4.79 Å². The zero-order valence-corrected chi connectivity index (χ0v) is 10.3. The van der Waals surface area contributed by atoms with Crippen LogP contribution in [-0.2, 0) is 4.79 Å². The molecule has 0 saturated heterocycles. The molecule has 1 aromatic rings. The Morgan fingerprint density at radius 3 is 2.75 bits per heavy atom. The molecule has 1 heterocycles. The molecule has 86 valence electrons. The third-order valence-electron chi connectivity index (χ3n) is 2.51. The lowest BCUT2D eigenvalue weighted by Crippen LogP contribution is -2.42. The average molecular weight is 261 g/mol. The number of ether oxygens (including phenoxy) is 1. The number of nitrogen functional groups attached to an aromatic ring is 1. The molecule has 0 aromatic heterocycles. The maximum Gasteiger partial charge on any atom is 0.267 e. The summed E-state index contributed by atoms with van der Waals surface area (Å²) in [4.78, 5) is 13.1. The number of fused-ring (bicyclic) bond motifs is 1. The van der Waals surface area contributed by atoms with Crippen molar-refractivity contribution < 1.29 is 9.53 Å².